The van der Waals surface area contributed by atoms with Crippen molar-refractivity contribution in [3.8, 4) is 0 Å². The third kappa shape index (κ3) is 3.65. The standard InChI is InChI=1S/C14H8Br2ClFO/c15-9-1-3-11(13(17)7-9)14(19)6-8-5-10(18)2-4-12(8)16/h1-5,7H,6H2. The van der Waals surface area contributed by atoms with Crippen molar-refractivity contribution in [1.29, 1.82) is 0 Å². The molecule has 0 aliphatic heterocycles. The van der Waals surface area contributed by atoms with Crippen molar-refractivity contribution in [3.05, 3.63) is 67.3 Å². The Morgan fingerprint density at radius 1 is 1.16 bits per heavy atom. The zero-order chi connectivity index (χ0) is 14.0. The van der Waals surface area contributed by atoms with Crippen LogP contribution in [0.3, 0.4) is 0 Å². The number of ketones is 1. The van der Waals surface area contributed by atoms with E-state index in [2.05, 4.69) is 31.9 Å². The number of benzene rings is 2. The van der Waals surface area contributed by atoms with Crippen molar-refractivity contribution in [3.63, 3.8) is 0 Å². The quantitative estimate of drug-likeness (QED) is 0.621. The molecule has 0 unspecified atom stereocenters. The summed E-state index contributed by atoms with van der Waals surface area (Å²) in [6.07, 6.45) is 0.0969. The molecule has 0 heterocycles. The summed E-state index contributed by atoms with van der Waals surface area (Å²) in [4.78, 5) is 12.2. The summed E-state index contributed by atoms with van der Waals surface area (Å²) in [5.41, 5.74) is 1.03. The van der Waals surface area contributed by atoms with Crippen LogP contribution >= 0.6 is 43.5 Å². The van der Waals surface area contributed by atoms with E-state index in [0.29, 0.717) is 20.6 Å². The van der Waals surface area contributed by atoms with E-state index in [1.54, 1.807) is 24.3 Å². The number of hydrogen-bond acceptors (Lipinski definition) is 1. The highest BCUT2D eigenvalue weighted by Crippen LogP contribution is 2.25. The lowest BCUT2D eigenvalue weighted by Gasteiger charge is -2.06. The number of rotatable bonds is 3. The van der Waals surface area contributed by atoms with Gasteiger partial charge in [0.25, 0.3) is 0 Å². The first kappa shape index (κ1) is 14.7. The molecule has 0 fully saturated rings. The maximum atomic E-state index is 13.2. The van der Waals surface area contributed by atoms with Gasteiger partial charge in [0.15, 0.2) is 5.78 Å². The number of halogens is 4. The molecule has 0 aliphatic rings. The first-order valence-electron chi connectivity index (χ1n) is 5.39. The maximum Gasteiger partial charge on any atom is 0.168 e. The molecule has 2 aromatic carbocycles. The molecular formula is C14H8Br2ClFO. The molecule has 1 nitrogen and oxygen atoms in total. The maximum absolute atomic E-state index is 13.2. The van der Waals surface area contributed by atoms with E-state index in [0.717, 1.165) is 4.47 Å². The van der Waals surface area contributed by atoms with Crippen molar-refractivity contribution in [2.24, 2.45) is 0 Å². The summed E-state index contributed by atoms with van der Waals surface area (Å²) in [7, 11) is 0. The van der Waals surface area contributed by atoms with E-state index >= 15 is 0 Å². The molecule has 2 rings (SSSR count). The fourth-order valence-electron chi connectivity index (χ4n) is 1.66. The third-order valence-corrected chi connectivity index (χ3v) is 4.17. The number of carbonyl (C=O) groups is 1. The highest BCUT2D eigenvalue weighted by Gasteiger charge is 2.13. The predicted octanol–water partition coefficient (Wildman–Crippen LogP) is 5.43. The Bertz CT molecular complexity index is 643. The highest BCUT2D eigenvalue weighted by molar-refractivity contribution is 9.10. The molecule has 5 heteroatoms. The summed E-state index contributed by atoms with van der Waals surface area (Å²) < 4.78 is 14.7. The van der Waals surface area contributed by atoms with E-state index in [-0.39, 0.29) is 18.0 Å². The van der Waals surface area contributed by atoms with Crippen molar-refractivity contribution in [1.82, 2.24) is 0 Å². The van der Waals surface area contributed by atoms with Crippen molar-refractivity contribution < 1.29 is 9.18 Å². The highest BCUT2D eigenvalue weighted by atomic mass is 79.9. The van der Waals surface area contributed by atoms with Crippen LogP contribution in [0.2, 0.25) is 5.02 Å². The van der Waals surface area contributed by atoms with Crippen LogP contribution in [0.15, 0.2) is 45.3 Å². The zero-order valence-corrected chi connectivity index (χ0v) is 13.5. The molecule has 0 saturated carbocycles. The molecule has 0 aromatic heterocycles. The fourth-order valence-corrected chi connectivity index (χ4v) is 2.83. The average Bonchev–Trinajstić information content (AvgIpc) is 2.33. The summed E-state index contributed by atoms with van der Waals surface area (Å²) in [5.74, 6) is -0.517. The Labute approximate surface area is 132 Å². The Kier molecular flexibility index (Phi) is 4.76. The van der Waals surface area contributed by atoms with Gasteiger partial charge in [0.1, 0.15) is 5.82 Å². The van der Waals surface area contributed by atoms with Crippen LogP contribution < -0.4 is 0 Å². The van der Waals surface area contributed by atoms with Crippen molar-refractivity contribution >= 4 is 49.2 Å². The molecule has 0 atom stereocenters. The van der Waals surface area contributed by atoms with Gasteiger partial charge in [-0.2, -0.15) is 0 Å². The Morgan fingerprint density at radius 3 is 2.58 bits per heavy atom. The van der Waals surface area contributed by atoms with Crippen LogP contribution in [0.25, 0.3) is 0 Å². The average molecular weight is 406 g/mol. The SMILES string of the molecule is O=C(Cc1cc(F)ccc1Br)c1ccc(Br)cc1Cl. The molecule has 0 aliphatic carbocycles. The van der Waals surface area contributed by atoms with Crippen LogP contribution in [0.5, 0.6) is 0 Å². The van der Waals surface area contributed by atoms with Gasteiger partial charge in [0, 0.05) is 20.9 Å². The van der Waals surface area contributed by atoms with Crippen LogP contribution in [0.1, 0.15) is 15.9 Å². The first-order chi connectivity index (χ1) is 8.97. The smallest absolute Gasteiger partial charge is 0.168 e. The minimum Gasteiger partial charge on any atom is -0.294 e. The lowest BCUT2D eigenvalue weighted by atomic mass is 10.0. The van der Waals surface area contributed by atoms with E-state index < -0.39 is 0 Å². The van der Waals surface area contributed by atoms with Gasteiger partial charge in [-0.15, -0.1) is 0 Å². The van der Waals surface area contributed by atoms with Gasteiger partial charge in [0.2, 0.25) is 0 Å². The summed E-state index contributed by atoms with van der Waals surface area (Å²) in [5, 5.41) is 0.381. The first-order valence-corrected chi connectivity index (χ1v) is 7.36. The number of carbonyl (C=O) groups excluding carboxylic acids is 1. The second-order valence-corrected chi connectivity index (χ2v) is 6.14. The van der Waals surface area contributed by atoms with Crippen LogP contribution in [-0.4, -0.2) is 5.78 Å². The molecule has 0 amide bonds. The van der Waals surface area contributed by atoms with Crippen LogP contribution in [0.4, 0.5) is 4.39 Å². The largest absolute Gasteiger partial charge is 0.294 e. The van der Waals surface area contributed by atoms with Crippen LogP contribution in [-0.2, 0) is 6.42 Å². The molecule has 0 bridgehead atoms. The van der Waals surface area contributed by atoms with Gasteiger partial charge in [-0.1, -0.05) is 43.5 Å². The molecule has 0 N–H and O–H groups in total. The molecular weight excluding hydrogens is 398 g/mol. The van der Waals surface area contributed by atoms with E-state index in [1.165, 1.54) is 12.1 Å². The Hall–Kier alpha value is -0.710. The van der Waals surface area contributed by atoms with Gasteiger partial charge in [-0.05, 0) is 42.0 Å². The summed E-state index contributed by atoms with van der Waals surface area (Å²) in [6, 6.07) is 9.33. The topological polar surface area (TPSA) is 17.1 Å². The normalized spacial score (nSPS) is 10.5. The minimum absolute atomic E-state index is 0.0969. The number of hydrogen-bond donors (Lipinski definition) is 0. The zero-order valence-electron chi connectivity index (χ0n) is 9.59. The lowest BCUT2D eigenvalue weighted by Crippen LogP contribution is -2.05. The Morgan fingerprint density at radius 2 is 1.89 bits per heavy atom. The van der Waals surface area contributed by atoms with Gasteiger partial charge >= 0.3 is 0 Å². The second-order valence-electron chi connectivity index (χ2n) is 3.96. The molecule has 2 aromatic rings. The minimum atomic E-state index is -0.368. The molecule has 19 heavy (non-hydrogen) atoms. The molecule has 0 radical (unpaired) electrons. The van der Waals surface area contributed by atoms with E-state index in [9.17, 15) is 9.18 Å². The predicted molar refractivity (Wildman–Crippen MR) is 81.3 cm³/mol. The third-order valence-electron chi connectivity index (χ3n) is 2.59. The van der Waals surface area contributed by atoms with Crippen molar-refractivity contribution in [2.45, 2.75) is 6.42 Å². The molecule has 0 saturated heterocycles. The Balaban J connectivity index is 2.28. The lowest BCUT2D eigenvalue weighted by molar-refractivity contribution is 0.0993. The van der Waals surface area contributed by atoms with E-state index in [4.69, 9.17) is 11.6 Å². The number of Topliss-reactive ketones (excluding diaryl/α,β-unsaturated/α-hetero) is 1. The van der Waals surface area contributed by atoms with Gasteiger partial charge in [-0.3, -0.25) is 4.79 Å². The fraction of sp³-hybridized carbons (Fsp3) is 0.0714. The second kappa shape index (κ2) is 6.16. The van der Waals surface area contributed by atoms with Gasteiger partial charge in [0.05, 0.1) is 5.02 Å². The van der Waals surface area contributed by atoms with Crippen LogP contribution in [0, 0.1) is 5.82 Å². The molecule has 0 spiro atoms. The van der Waals surface area contributed by atoms with Gasteiger partial charge < -0.3 is 0 Å². The summed E-state index contributed by atoms with van der Waals surface area (Å²) >= 11 is 12.6. The van der Waals surface area contributed by atoms with E-state index in [1.807, 2.05) is 0 Å². The monoisotopic (exact) mass is 404 g/mol. The summed E-state index contributed by atoms with van der Waals surface area (Å²) in [6.45, 7) is 0. The van der Waals surface area contributed by atoms with Gasteiger partial charge in [-0.25, -0.2) is 4.39 Å². The van der Waals surface area contributed by atoms with Crippen molar-refractivity contribution in [2.75, 3.05) is 0 Å². The molecule has 98 valence electrons.